The zero-order chi connectivity index (χ0) is 27.3. The monoisotopic (exact) mass is 571 g/mol. The van der Waals surface area contributed by atoms with Crippen molar-refractivity contribution >= 4 is 40.1 Å². The normalized spacial score (nSPS) is 17.9. The zero-order valence-corrected chi connectivity index (χ0v) is 23.1. The average Bonchev–Trinajstić information content (AvgIpc) is 3.59. The van der Waals surface area contributed by atoms with Crippen LogP contribution < -0.4 is 16.2 Å². The van der Waals surface area contributed by atoms with Gasteiger partial charge >= 0.3 is 0 Å². The minimum Gasteiger partial charge on any atom is -0.472 e. The van der Waals surface area contributed by atoms with Gasteiger partial charge in [0.15, 0.2) is 0 Å². The molecule has 202 valence electrons. The van der Waals surface area contributed by atoms with Gasteiger partial charge in [-0.15, -0.1) is 0 Å². The van der Waals surface area contributed by atoms with Gasteiger partial charge in [-0.25, -0.2) is 15.0 Å². The Kier molecular flexibility index (Phi) is 6.33. The summed E-state index contributed by atoms with van der Waals surface area (Å²) in [5, 5.41) is 1.43. The van der Waals surface area contributed by atoms with Crippen LogP contribution in [0.25, 0.3) is 10.9 Å². The lowest BCUT2D eigenvalue weighted by Crippen LogP contribution is -2.44. The molecule has 2 N–H and O–H groups in total. The second kappa shape index (κ2) is 10.0. The quantitative estimate of drug-likeness (QED) is 0.315. The first-order valence-corrected chi connectivity index (χ1v) is 14.3. The Balaban J connectivity index is 1.06. The van der Waals surface area contributed by atoms with Crippen molar-refractivity contribution in [3.63, 3.8) is 0 Å². The fourth-order valence-electron chi connectivity index (χ4n) is 5.92. The lowest BCUT2D eigenvalue weighted by atomic mass is 9.73. The molecule has 11 heteroatoms. The first kappa shape index (κ1) is 25.3. The average molecular weight is 572 g/mol. The molecule has 2 aliphatic rings. The van der Waals surface area contributed by atoms with Gasteiger partial charge in [-0.05, 0) is 54.5 Å². The fourth-order valence-corrected chi connectivity index (χ4v) is 7.04. The number of rotatable bonds is 5. The van der Waals surface area contributed by atoms with Gasteiger partial charge in [0.05, 0.1) is 53.7 Å². The zero-order valence-electron chi connectivity index (χ0n) is 21.5. The molecular formula is C29H26ClN7O2S. The third-order valence-electron chi connectivity index (χ3n) is 8.18. The van der Waals surface area contributed by atoms with Crippen molar-refractivity contribution in [1.82, 2.24) is 24.5 Å². The SMILES string of the molecule is N[C@@H]1c2cccnc2CC12CCN(c1cnc(Sc3ccc4ncn(Cc5ccoc5)c(=O)c4c3Cl)cn1)CC2. The van der Waals surface area contributed by atoms with Crippen molar-refractivity contribution in [3.05, 3.63) is 100.0 Å². The topological polar surface area (TPSA) is 116 Å². The molecule has 1 saturated heterocycles. The molecule has 1 atom stereocenters. The highest BCUT2D eigenvalue weighted by Crippen LogP contribution is 2.50. The Hall–Kier alpha value is -3.73. The number of halogens is 1. The number of fused-ring (bicyclic) bond motifs is 2. The summed E-state index contributed by atoms with van der Waals surface area (Å²) >= 11 is 8.12. The number of furan rings is 1. The molecule has 5 heterocycles. The molecular weight excluding hydrogens is 546 g/mol. The maximum absolute atomic E-state index is 13.2. The highest BCUT2D eigenvalue weighted by molar-refractivity contribution is 7.99. The molecule has 1 aliphatic carbocycles. The highest BCUT2D eigenvalue weighted by atomic mass is 35.5. The summed E-state index contributed by atoms with van der Waals surface area (Å²) in [5.74, 6) is 0.845. The van der Waals surface area contributed by atoms with Gasteiger partial charge in [0.1, 0.15) is 10.8 Å². The largest absolute Gasteiger partial charge is 0.472 e. The third kappa shape index (κ3) is 4.36. The van der Waals surface area contributed by atoms with Crippen LogP contribution >= 0.6 is 23.4 Å². The van der Waals surface area contributed by atoms with E-state index in [1.807, 2.05) is 24.4 Å². The van der Waals surface area contributed by atoms with Crippen molar-refractivity contribution < 1.29 is 4.42 Å². The number of nitrogens with two attached hydrogens (primary N) is 1. The second-order valence-electron chi connectivity index (χ2n) is 10.4. The lowest BCUT2D eigenvalue weighted by molar-refractivity contribution is 0.186. The summed E-state index contributed by atoms with van der Waals surface area (Å²) in [6.07, 6.45) is 13.0. The Morgan fingerprint density at radius 1 is 1.10 bits per heavy atom. The number of anilines is 1. The van der Waals surface area contributed by atoms with E-state index in [0.29, 0.717) is 27.5 Å². The lowest BCUT2D eigenvalue weighted by Gasteiger charge is -2.42. The van der Waals surface area contributed by atoms with Crippen LogP contribution in [0.5, 0.6) is 0 Å². The molecule has 1 spiro atoms. The minimum absolute atomic E-state index is 0.0277. The summed E-state index contributed by atoms with van der Waals surface area (Å²) in [6, 6.07) is 9.60. The van der Waals surface area contributed by atoms with E-state index in [0.717, 1.165) is 54.3 Å². The van der Waals surface area contributed by atoms with Crippen LogP contribution in [0.1, 0.15) is 35.7 Å². The number of nitrogens with zero attached hydrogens (tertiary/aromatic N) is 6. The molecule has 9 nitrogen and oxygen atoms in total. The van der Waals surface area contributed by atoms with Crippen LogP contribution in [0.3, 0.4) is 0 Å². The maximum atomic E-state index is 13.2. The Morgan fingerprint density at radius 2 is 1.98 bits per heavy atom. The van der Waals surface area contributed by atoms with Crippen LogP contribution in [-0.4, -0.2) is 37.6 Å². The molecule has 0 amide bonds. The van der Waals surface area contributed by atoms with E-state index in [4.69, 9.17) is 26.7 Å². The molecule has 40 heavy (non-hydrogen) atoms. The van der Waals surface area contributed by atoms with Crippen LogP contribution in [0, 0.1) is 5.41 Å². The summed E-state index contributed by atoms with van der Waals surface area (Å²) in [6.45, 7) is 2.10. The molecule has 1 fully saturated rings. The predicted octanol–water partition coefficient (Wildman–Crippen LogP) is 4.87. The highest BCUT2D eigenvalue weighted by Gasteiger charge is 2.46. The van der Waals surface area contributed by atoms with Gasteiger partial charge in [-0.1, -0.05) is 29.4 Å². The molecule has 4 aromatic heterocycles. The van der Waals surface area contributed by atoms with Gasteiger partial charge in [-0.3, -0.25) is 14.3 Å². The number of hydrogen-bond acceptors (Lipinski definition) is 9. The molecule has 0 unspecified atom stereocenters. The molecule has 0 bridgehead atoms. The number of pyridine rings is 1. The first-order chi connectivity index (χ1) is 19.5. The van der Waals surface area contributed by atoms with Crippen molar-refractivity contribution in [3.8, 4) is 0 Å². The smallest absolute Gasteiger partial charge is 0.263 e. The van der Waals surface area contributed by atoms with E-state index < -0.39 is 0 Å². The molecule has 1 aliphatic heterocycles. The van der Waals surface area contributed by atoms with Crippen LogP contribution in [-0.2, 0) is 13.0 Å². The summed E-state index contributed by atoms with van der Waals surface area (Å²) in [4.78, 5) is 34.6. The molecule has 0 radical (unpaired) electrons. The second-order valence-corrected chi connectivity index (χ2v) is 11.9. The predicted molar refractivity (Wildman–Crippen MR) is 154 cm³/mol. The van der Waals surface area contributed by atoms with Crippen LogP contribution in [0.2, 0.25) is 5.02 Å². The minimum atomic E-state index is -0.205. The number of benzene rings is 1. The molecule has 7 rings (SSSR count). The van der Waals surface area contributed by atoms with E-state index in [9.17, 15) is 4.79 Å². The van der Waals surface area contributed by atoms with Crippen molar-refractivity contribution in [2.75, 3.05) is 18.0 Å². The van der Waals surface area contributed by atoms with Gasteiger partial charge < -0.3 is 15.1 Å². The third-order valence-corrected chi connectivity index (χ3v) is 9.67. The standard InChI is InChI=1S/C29H26ClN7O2S/c30-26-22(4-3-20-25(26)28(38)37(17-35-20)15-18-5-11-39-16-18)40-24-14-33-23(13-34-24)36-9-6-29(7-10-36)12-21-19(27(29)31)2-1-8-32-21/h1-5,8,11,13-14,16-17,27H,6-7,9-10,12,15,31H2/t27-/m1/s1. The van der Waals surface area contributed by atoms with Crippen LogP contribution in [0.15, 0.2) is 86.9 Å². The number of aromatic nitrogens is 5. The first-order valence-electron chi connectivity index (χ1n) is 13.1. The van der Waals surface area contributed by atoms with Gasteiger partial charge in [0.25, 0.3) is 5.56 Å². The van der Waals surface area contributed by atoms with Gasteiger partial charge in [-0.2, -0.15) is 0 Å². The van der Waals surface area contributed by atoms with E-state index in [1.54, 1.807) is 31.0 Å². The molecule has 0 saturated carbocycles. The van der Waals surface area contributed by atoms with Crippen LogP contribution in [0.4, 0.5) is 5.82 Å². The Labute approximate surface area is 239 Å². The van der Waals surface area contributed by atoms with E-state index in [1.165, 1.54) is 28.2 Å². The molecule has 5 aromatic rings. The fraction of sp³-hybridized carbons (Fsp3) is 0.276. The summed E-state index contributed by atoms with van der Waals surface area (Å²) in [7, 11) is 0. The summed E-state index contributed by atoms with van der Waals surface area (Å²) < 4.78 is 6.65. The van der Waals surface area contributed by atoms with E-state index in [-0.39, 0.29) is 17.0 Å². The maximum Gasteiger partial charge on any atom is 0.263 e. The Bertz CT molecular complexity index is 1750. The molecule has 1 aromatic carbocycles. The van der Waals surface area contributed by atoms with Gasteiger partial charge in [0.2, 0.25) is 0 Å². The summed E-state index contributed by atoms with van der Waals surface area (Å²) in [5.41, 5.74) is 10.3. The van der Waals surface area contributed by atoms with Gasteiger partial charge in [0, 0.05) is 41.5 Å². The number of piperidine rings is 1. The van der Waals surface area contributed by atoms with Crippen molar-refractivity contribution in [2.24, 2.45) is 11.1 Å². The van der Waals surface area contributed by atoms with Crippen molar-refractivity contribution in [2.45, 2.75) is 41.8 Å². The Morgan fingerprint density at radius 3 is 2.73 bits per heavy atom. The van der Waals surface area contributed by atoms with E-state index >= 15 is 0 Å². The van der Waals surface area contributed by atoms with E-state index in [2.05, 4.69) is 25.9 Å². The van der Waals surface area contributed by atoms with Crippen molar-refractivity contribution in [1.29, 1.82) is 0 Å². The number of hydrogen-bond donors (Lipinski definition) is 1.